The molecule has 1 aromatic carbocycles. The number of nitrogens with one attached hydrogen (secondary N) is 1. The second-order valence-corrected chi connectivity index (χ2v) is 7.04. The molecular formula is C20H22ClN5. The van der Waals surface area contributed by atoms with Gasteiger partial charge in [0.15, 0.2) is 5.15 Å². The molecule has 1 fully saturated rings. The van der Waals surface area contributed by atoms with E-state index in [-0.39, 0.29) is 6.04 Å². The van der Waals surface area contributed by atoms with Gasteiger partial charge in [-0.2, -0.15) is 5.10 Å². The number of aryl methyl sites for hydroxylation is 1. The van der Waals surface area contributed by atoms with E-state index in [1.807, 2.05) is 24.5 Å². The number of rotatable bonds is 4. The van der Waals surface area contributed by atoms with Gasteiger partial charge >= 0.3 is 0 Å². The maximum atomic E-state index is 6.27. The monoisotopic (exact) mass is 367 g/mol. The van der Waals surface area contributed by atoms with Crippen LogP contribution in [0.2, 0.25) is 5.15 Å². The molecule has 134 valence electrons. The van der Waals surface area contributed by atoms with Gasteiger partial charge in [-0.25, -0.2) is 4.98 Å². The molecule has 1 saturated heterocycles. The van der Waals surface area contributed by atoms with Crippen LogP contribution in [0.15, 0.2) is 55.0 Å². The maximum Gasteiger partial charge on any atom is 0.152 e. The number of anilines is 1. The molecule has 0 amide bonds. The highest BCUT2D eigenvalue weighted by Gasteiger charge is 2.27. The minimum Gasteiger partial charge on any atom is -0.366 e. The van der Waals surface area contributed by atoms with Gasteiger partial charge < -0.3 is 4.90 Å². The number of halogens is 1. The van der Waals surface area contributed by atoms with Gasteiger partial charge in [0.1, 0.15) is 0 Å². The zero-order valence-electron chi connectivity index (χ0n) is 14.8. The molecule has 0 aliphatic carbocycles. The van der Waals surface area contributed by atoms with Gasteiger partial charge in [0.2, 0.25) is 0 Å². The summed E-state index contributed by atoms with van der Waals surface area (Å²) in [5, 5.41) is 7.71. The molecule has 1 aliphatic heterocycles. The molecule has 2 aromatic heterocycles. The molecule has 5 nitrogen and oxygen atoms in total. The lowest BCUT2D eigenvalue weighted by Crippen LogP contribution is -2.48. The van der Waals surface area contributed by atoms with Crippen molar-refractivity contribution < 1.29 is 0 Å². The first-order valence-electron chi connectivity index (χ1n) is 8.87. The van der Waals surface area contributed by atoms with Gasteiger partial charge in [-0.1, -0.05) is 41.4 Å². The highest BCUT2D eigenvalue weighted by Crippen LogP contribution is 2.31. The van der Waals surface area contributed by atoms with Gasteiger partial charge in [0.05, 0.1) is 17.9 Å². The van der Waals surface area contributed by atoms with Crippen molar-refractivity contribution in [3.8, 4) is 0 Å². The molecule has 1 atom stereocenters. The lowest BCUT2D eigenvalue weighted by Gasteiger charge is -2.40. The minimum atomic E-state index is 0.208. The van der Waals surface area contributed by atoms with Crippen molar-refractivity contribution in [3.05, 3.63) is 76.8 Å². The molecule has 0 radical (unpaired) electrons. The number of aromatic nitrogens is 3. The summed E-state index contributed by atoms with van der Waals surface area (Å²) in [7, 11) is 0. The molecule has 26 heavy (non-hydrogen) atoms. The van der Waals surface area contributed by atoms with E-state index in [1.165, 1.54) is 16.7 Å². The van der Waals surface area contributed by atoms with E-state index in [0.717, 1.165) is 31.9 Å². The number of piperazine rings is 1. The fraction of sp³-hybridized carbons (Fsp3) is 0.300. The van der Waals surface area contributed by atoms with Gasteiger partial charge in [0.25, 0.3) is 0 Å². The highest BCUT2D eigenvalue weighted by molar-refractivity contribution is 6.32. The molecule has 1 unspecified atom stereocenters. The number of aromatic amines is 1. The number of H-pyrrole nitrogens is 1. The number of nitrogens with zero attached hydrogens (tertiary/aromatic N) is 4. The van der Waals surface area contributed by atoms with Crippen molar-refractivity contribution in [3.63, 3.8) is 0 Å². The van der Waals surface area contributed by atoms with E-state index in [2.05, 4.69) is 56.2 Å². The lowest BCUT2D eigenvalue weighted by molar-refractivity contribution is 0.212. The Bertz CT molecular complexity index is 856. The first kappa shape index (κ1) is 17.1. The summed E-state index contributed by atoms with van der Waals surface area (Å²) < 4.78 is 0. The zero-order chi connectivity index (χ0) is 17.9. The maximum absolute atomic E-state index is 6.27. The van der Waals surface area contributed by atoms with Gasteiger partial charge in [0, 0.05) is 44.1 Å². The van der Waals surface area contributed by atoms with Gasteiger partial charge in [-0.3, -0.25) is 10.00 Å². The van der Waals surface area contributed by atoms with Crippen molar-refractivity contribution in [2.75, 3.05) is 31.1 Å². The first-order chi connectivity index (χ1) is 12.7. The van der Waals surface area contributed by atoms with E-state index in [0.29, 0.717) is 5.15 Å². The average Bonchev–Trinajstić information content (AvgIpc) is 3.17. The Labute approximate surface area is 158 Å². The molecule has 1 N–H and O–H groups in total. The van der Waals surface area contributed by atoms with Crippen LogP contribution in [0.25, 0.3) is 0 Å². The molecule has 6 heteroatoms. The summed E-state index contributed by atoms with van der Waals surface area (Å²) in [5.41, 5.74) is 4.80. The van der Waals surface area contributed by atoms with Crippen LogP contribution < -0.4 is 4.90 Å². The Kier molecular flexibility index (Phi) is 4.91. The standard InChI is InChI=1S/C20H22ClN5/c1-15-4-2-5-16(12-15)19(17-13-23-24-14-17)26-10-8-25(9-11-26)18-6-3-7-22-20(18)21/h2-7,12-14,19H,8-11H2,1H3,(H,23,24). The third-order valence-corrected chi connectivity index (χ3v) is 5.24. The Morgan fingerprint density at radius 3 is 2.62 bits per heavy atom. The molecule has 3 heterocycles. The Hall–Kier alpha value is -2.37. The third kappa shape index (κ3) is 3.45. The quantitative estimate of drug-likeness (QED) is 0.714. The second kappa shape index (κ2) is 7.48. The summed E-state index contributed by atoms with van der Waals surface area (Å²) in [6.07, 6.45) is 5.66. The summed E-state index contributed by atoms with van der Waals surface area (Å²) in [4.78, 5) is 9.03. The zero-order valence-corrected chi connectivity index (χ0v) is 15.5. The summed E-state index contributed by atoms with van der Waals surface area (Å²) in [6.45, 7) is 5.89. The normalized spacial score (nSPS) is 16.6. The van der Waals surface area contributed by atoms with Crippen LogP contribution >= 0.6 is 11.6 Å². The van der Waals surface area contributed by atoms with Crippen LogP contribution in [0.3, 0.4) is 0 Å². The van der Waals surface area contributed by atoms with E-state index in [9.17, 15) is 0 Å². The SMILES string of the molecule is Cc1cccc(C(c2cn[nH]c2)N2CCN(c3cccnc3Cl)CC2)c1. The molecule has 4 rings (SSSR count). The third-order valence-electron chi connectivity index (χ3n) is 4.95. The molecule has 0 saturated carbocycles. The van der Waals surface area contributed by atoms with E-state index < -0.39 is 0 Å². The lowest BCUT2D eigenvalue weighted by atomic mass is 9.97. The predicted molar refractivity (Wildman–Crippen MR) is 105 cm³/mol. The van der Waals surface area contributed by atoms with Crippen LogP contribution in [0, 0.1) is 6.92 Å². The summed E-state index contributed by atoms with van der Waals surface area (Å²) in [5.74, 6) is 0. The smallest absolute Gasteiger partial charge is 0.152 e. The van der Waals surface area contributed by atoms with E-state index in [1.54, 1.807) is 6.20 Å². The molecule has 0 spiro atoms. The van der Waals surface area contributed by atoms with Crippen LogP contribution in [-0.2, 0) is 0 Å². The van der Waals surface area contributed by atoms with Crippen molar-refractivity contribution in [1.29, 1.82) is 0 Å². The minimum absolute atomic E-state index is 0.208. The highest BCUT2D eigenvalue weighted by atomic mass is 35.5. The predicted octanol–water partition coefficient (Wildman–Crippen LogP) is 3.68. The number of benzene rings is 1. The van der Waals surface area contributed by atoms with Crippen LogP contribution in [0.4, 0.5) is 5.69 Å². The van der Waals surface area contributed by atoms with Crippen LogP contribution in [-0.4, -0.2) is 46.3 Å². The number of hydrogen-bond donors (Lipinski definition) is 1. The first-order valence-corrected chi connectivity index (χ1v) is 9.25. The second-order valence-electron chi connectivity index (χ2n) is 6.68. The van der Waals surface area contributed by atoms with Crippen molar-refractivity contribution in [1.82, 2.24) is 20.1 Å². The van der Waals surface area contributed by atoms with E-state index >= 15 is 0 Å². The van der Waals surface area contributed by atoms with Crippen molar-refractivity contribution in [2.24, 2.45) is 0 Å². The molecular weight excluding hydrogens is 346 g/mol. The van der Waals surface area contributed by atoms with Crippen molar-refractivity contribution >= 4 is 17.3 Å². The fourth-order valence-electron chi connectivity index (χ4n) is 3.70. The van der Waals surface area contributed by atoms with Crippen molar-refractivity contribution in [2.45, 2.75) is 13.0 Å². The molecule has 1 aliphatic rings. The Morgan fingerprint density at radius 1 is 1.08 bits per heavy atom. The average molecular weight is 368 g/mol. The Balaban J connectivity index is 1.56. The van der Waals surface area contributed by atoms with Crippen LogP contribution in [0.1, 0.15) is 22.7 Å². The summed E-state index contributed by atoms with van der Waals surface area (Å²) in [6, 6.07) is 12.9. The molecule has 3 aromatic rings. The van der Waals surface area contributed by atoms with Gasteiger partial charge in [-0.05, 0) is 24.6 Å². The topological polar surface area (TPSA) is 48.1 Å². The van der Waals surface area contributed by atoms with Crippen LogP contribution in [0.5, 0.6) is 0 Å². The molecule has 0 bridgehead atoms. The largest absolute Gasteiger partial charge is 0.366 e. The number of hydrogen-bond acceptors (Lipinski definition) is 4. The van der Waals surface area contributed by atoms with Gasteiger partial charge in [-0.15, -0.1) is 0 Å². The fourth-order valence-corrected chi connectivity index (χ4v) is 3.94. The Morgan fingerprint density at radius 2 is 1.92 bits per heavy atom. The van der Waals surface area contributed by atoms with E-state index in [4.69, 9.17) is 11.6 Å². The summed E-state index contributed by atoms with van der Waals surface area (Å²) >= 11 is 6.27. The number of pyridine rings is 1.